The number of cyclic esters (lactones) is 1. The van der Waals surface area contributed by atoms with Crippen molar-refractivity contribution in [2.24, 2.45) is 34.2 Å². The van der Waals surface area contributed by atoms with E-state index in [0.29, 0.717) is 69.8 Å². The van der Waals surface area contributed by atoms with Crippen molar-refractivity contribution in [1.82, 2.24) is 4.90 Å². The molecule has 1 aliphatic carbocycles. The van der Waals surface area contributed by atoms with Crippen LogP contribution in [0.2, 0.25) is 0 Å². The fourth-order valence-corrected chi connectivity index (χ4v) is 10.2. The van der Waals surface area contributed by atoms with Crippen LogP contribution in [0.15, 0.2) is 52.7 Å². The van der Waals surface area contributed by atoms with Crippen molar-refractivity contribution in [2.75, 3.05) is 27.9 Å². The standard InChI is InChI=1S/C51H78N4O12/c1-31-18-14-12-11-13-15-19-32(2)44(57)46(65-10)45(58)34(4)30-50(6,7)43(56)29-41(33(3)26-36-22-24-38(53-54-52)42(27-36)64-9)66-49(61)39-20-16-17-25-55(39)48(60)47(59)51(62)35(5)21-23-37(67-51)28-40(31)63-8/h11-14,18,30,32-33,35-42,45-46,58,62H,15-17,19-29H2,1-10H3/b13-11+,14-12+,31-18+,34-30+/t32-,33-,35-,36+,37+,38?,39+,40+,41+,42-,45-,46+,51-/m1/s1. The number of carbonyl (C=O) groups excluding carboxylic acids is 5. The fraction of sp³-hybridized carbons (Fsp3) is 0.745. The molecule has 13 atom stereocenters. The largest absolute Gasteiger partial charge is 0.460 e. The van der Waals surface area contributed by atoms with Crippen LogP contribution in [0.5, 0.6) is 0 Å². The zero-order chi connectivity index (χ0) is 49.6. The lowest BCUT2D eigenvalue weighted by molar-refractivity contribution is -0.265. The van der Waals surface area contributed by atoms with Crippen molar-refractivity contribution in [2.45, 2.75) is 186 Å². The number of esters is 1. The summed E-state index contributed by atoms with van der Waals surface area (Å²) in [5.41, 5.74) is 9.17. The van der Waals surface area contributed by atoms with Gasteiger partial charge in [-0.05, 0) is 127 Å². The third kappa shape index (κ3) is 14.5. The van der Waals surface area contributed by atoms with Crippen LogP contribution in [-0.4, -0.2) is 127 Å². The van der Waals surface area contributed by atoms with E-state index >= 15 is 0 Å². The molecule has 67 heavy (non-hydrogen) atoms. The Morgan fingerprint density at radius 3 is 2.33 bits per heavy atom. The normalized spacial score (nSPS) is 37.9. The van der Waals surface area contributed by atoms with Gasteiger partial charge in [-0.1, -0.05) is 62.3 Å². The van der Waals surface area contributed by atoms with Crippen LogP contribution >= 0.6 is 0 Å². The summed E-state index contributed by atoms with van der Waals surface area (Å²) in [6, 6.07) is -1.48. The Kier molecular flexibility index (Phi) is 21.2. The molecule has 374 valence electrons. The second-order valence-electron chi connectivity index (χ2n) is 20.1. The van der Waals surface area contributed by atoms with E-state index in [2.05, 4.69) is 10.0 Å². The minimum absolute atomic E-state index is 0.0752. The number of fused-ring (bicyclic) bond motifs is 3. The third-order valence-corrected chi connectivity index (χ3v) is 14.7. The number of nitrogens with zero attached hydrogens (tertiary/aromatic N) is 4. The summed E-state index contributed by atoms with van der Waals surface area (Å²) in [7, 11) is 4.52. The number of ketones is 3. The molecule has 0 aromatic heterocycles. The molecule has 4 rings (SSSR count). The molecule has 0 aromatic carbocycles. The molecule has 3 fully saturated rings. The first kappa shape index (κ1) is 55.6. The van der Waals surface area contributed by atoms with Crippen LogP contribution in [0.3, 0.4) is 0 Å². The van der Waals surface area contributed by atoms with Crippen molar-refractivity contribution >= 4 is 29.2 Å². The van der Waals surface area contributed by atoms with E-state index in [1.807, 2.05) is 44.2 Å². The molecule has 1 saturated carbocycles. The van der Waals surface area contributed by atoms with Gasteiger partial charge in [0.2, 0.25) is 5.79 Å². The Labute approximate surface area is 397 Å². The van der Waals surface area contributed by atoms with Gasteiger partial charge in [0.25, 0.3) is 11.7 Å². The molecule has 3 heterocycles. The zero-order valence-corrected chi connectivity index (χ0v) is 41.6. The number of rotatable bonds is 7. The Balaban J connectivity index is 1.72. The first-order valence-corrected chi connectivity index (χ1v) is 24.3. The number of azide groups is 1. The molecule has 1 amide bonds. The number of hydrogen-bond donors (Lipinski definition) is 2. The number of aliphatic hydroxyl groups excluding tert-OH is 1. The number of aliphatic hydroxyl groups is 2. The second-order valence-corrected chi connectivity index (χ2v) is 20.1. The number of amides is 1. The summed E-state index contributed by atoms with van der Waals surface area (Å²) in [6.45, 7) is 12.4. The SMILES string of the molecule is CO[C@H]1C[C@@H]2CC[C@@H](C)[C@@](O)(O2)C(=O)C(=O)N2CCCC[C@H]2C(=O)O[C@H]([C@H](C)C[C@@H]2CCC(N=[N+]=[N-])[C@H](OC)C2)CC(=O)C(C)(C)/C=C(\C)[C@@H](O)[C@@H](OC)C(=O)[C@H](C)CC/C=C/C=C/C=C/1C. The predicted octanol–water partition coefficient (Wildman–Crippen LogP) is 7.64. The maximum atomic E-state index is 14.5. The number of ether oxygens (including phenoxy) is 5. The predicted molar refractivity (Wildman–Crippen MR) is 252 cm³/mol. The minimum atomic E-state index is -2.44. The van der Waals surface area contributed by atoms with E-state index in [0.717, 1.165) is 12.0 Å². The highest BCUT2D eigenvalue weighted by Crippen LogP contribution is 2.38. The Morgan fingerprint density at radius 2 is 1.66 bits per heavy atom. The number of methoxy groups -OCH3 is 3. The van der Waals surface area contributed by atoms with Gasteiger partial charge in [0.15, 0.2) is 5.78 Å². The van der Waals surface area contributed by atoms with Crippen molar-refractivity contribution in [3.63, 3.8) is 0 Å². The van der Waals surface area contributed by atoms with Gasteiger partial charge in [-0.3, -0.25) is 19.2 Å². The molecule has 0 aromatic rings. The van der Waals surface area contributed by atoms with Crippen molar-refractivity contribution < 1.29 is 57.9 Å². The van der Waals surface area contributed by atoms with Gasteiger partial charge in [-0.2, -0.15) is 0 Å². The smallest absolute Gasteiger partial charge is 0.329 e. The molecule has 2 saturated heterocycles. The average Bonchev–Trinajstić information content (AvgIpc) is 3.30. The van der Waals surface area contributed by atoms with Gasteiger partial charge in [-0.15, -0.1) is 0 Å². The van der Waals surface area contributed by atoms with E-state index in [1.165, 1.54) is 12.0 Å². The average molecular weight is 939 g/mol. The van der Waals surface area contributed by atoms with Gasteiger partial charge in [0.1, 0.15) is 30.1 Å². The van der Waals surface area contributed by atoms with E-state index < -0.39 is 77.3 Å². The van der Waals surface area contributed by atoms with Gasteiger partial charge in [0.05, 0.1) is 24.4 Å². The fourth-order valence-electron chi connectivity index (χ4n) is 10.2. The van der Waals surface area contributed by atoms with Crippen LogP contribution in [0.1, 0.15) is 132 Å². The molecule has 0 spiro atoms. The van der Waals surface area contributed by atoms with Crippen LogP contribution < -0.4 is 0 Å². The van der Waals surface area contributed by atoms with Crippen LogP contribution in [0.4, 0.5) is 0 Å². The summed E-state index contributed by atoms with van der Waals surface area (Å²) < 4.78 is 29.6. The topological polar surface area (TPSA) is 224 Å². The van der Waals surface area contributed by atoms with Gasteiger partial charge >= 0.3 is 5.97 Å². The van der Waals surface area contributed by atoms with E-state index in [1.54, 1.807) is 54.9 Å². The summed E-state index contributed by atoms with van der Waals surface area (Å²) in [4.78, 5) is 75.3. The minimum Gasteiger partial charge on any atom is -0.460 e. The molecule has 2 bridgehead atoms. The summed E-state index contributed by atoms with van der Waals surface area (Å²) >= 11 is 0. The maximum absolute atomic E-state index is 14.5. The monoisotopic (exact) mass is 939 g/mol. The first-order chi connectivity index (χ1) is 31.7. The molecule has 0 radical (unpaired) electrons. The molecule has 2 N–H and O–H groups in total. The lowest BCUT2D eigenvalue weighted by Crippen LogP contribution is -2.61. The van der Waals surface area contributed by atoms with Gasteiger partial charge < -0.3 is 38.8 Å². The lowest BCUT2D eigenvalue weighted by atomic mass is 9.76. The summed E-state index contributed by atoms with van der Waals surface area (Å²) in [5.74, 6) is -7.38. The highest BCUT2D eigenvalue weighted by Gasteiger charge is 2.53. The highest BCUT2D eigenvalue weighted by atomic mass is 16.6. The molecule has 16 nitrogen and oxygen atoms in total. The summed E-state index contributed by atoms with van der Waals surface area (Å²) in [6.07, 6.45) is 12.2. The number of hydrogen-bond acceptors (Lipinski definition) is 13. The Hall–Kier alpha value is -4.02. The van der Waals surface area contributed by atoms with Crippen LogP contribution in [-0.2, 0) is 47.7 Å². The van der Waals surface area contributed by atoms with E-state index in [-0.39, 0.29) is 54.9 Å². The molecule has 4 aliphatic rings. The third-order valence-electron chi connectivity index (χ3n) is 14.7. The quantitative estimate of drug-likeness (QED) is 0.0628. The van der Waals surface area contributed by atoms with Crippen molar-refractivity contribution in [3.8, 4) is 0 Å². The van der Waals surface area contributed by atoms with E-state index in [9.17, 15) is 34.2 Å². The Bertz CT molecular complexity index is 1910. The summed E-state index contributed by atoms with van der Waals surface area (Å²) in [5, 5.41) is 27.4. The molecule has 1 unspecified atom stereocenters. The molecular formula is C51H78N4O12. The number of piperidine rings is 1. The van der Waals surface area contributed by atoms with E-state index in [4.69, 9.17) is 29.2 Å². The van der Waals surface area contributed by atoms with Crippen LogP contribution in [0.25, 0.3) is 10.4 Å². The number of Topliss-reactive ketones (excluding diaryl/α,β-unsaturated/α-hetero) is 3. The van der Waals surface area contributed by atoms with Crippen molar-refractivity contribution in [3.05, 3.63) is 58.0 Å². The number of allylic oxidation sites excluding steroid dienone is 6. The van der Waals surface area contributed by atoms with Gasteiger partial charge in [0, 0.05) is 62.9 Å². The molecular weight excluding hydrogens is 861 g/mol. The molecule has 16 heteroatoms. The second kappa shape index (κ2) is 25.5. The number of carbonyl (C=O) groups is 5. The Morgan fingerprint density at radius 1 is 0.925 bits per heavy atom. The maximum Gasteiger partial charge on any atom is 0.329 e. The van der Waals surface area contributed by atoms with Crippen LogP contribution in [0, 0.1) is 29.1 Å². The van der Waals surface area contributed by atoms with Crippen molar-refractivity contribution in [1.29, 1.82) is 0 Å². The zero-order valence-electron chi connectivity index (χ0n) is 41.6. The molecule has 3 aliphatic heterocycles. The lowest BCUT2D eigenvalue weighted by Gasteiger charge is -2.42. The highest BCUT2D eigenvalue weighted by molar-refractivity contribution is 6.39. The van der Waals surface area contributed by atoms with Gasteiger partial charge in [-0.25, -0.2) is 4.79 Å². The first-order valence-electron chi connectivity index (χ1n) is 24.3.